The number of carbonyl (C=O) groups is 2. The molecule has 0 aliphatic rings. The first-order chi connectivity index (χ1) is 11.8. The topological polar surface area (TPSA) is 58.2 Å². The van der Waals surface area contributed by atoms with E-state index >= 15 is 0 Å². The number of carbonyl (C=O) groups excluding carboxylic acids is 2. The fourth-order valence-electron chi connectivity index (χ4n) is 2.70. The molecule has 2 amide bonds. The Morgan fingerprint density at radius 1 is 0.920 bits per heavy atom. The average molecular weight is 359 g/mol. The summed E-state index contributed by atoms with van der Waals surface area (Å²) in [6.45, 7) is 5.67. The number of amides is 2. The van der Waals surface area contributed by atoms with Crippen LogP contribution in [-0.4, -0.2) is 11.8 Å². The molecule has 0 aliphatic heterocycles. The van der Waals surface area contributed by atoms with Crippen molar-refractivity contribution in [3.8, 4) is 0 Å². The molecular weight excluding hydrogens is 336 g/mol. The maximum Gasteiger partial charge on any atom is 0.224 e. The predicted octanol–water partition coefficient (Wildman–Crippen LogP) is 5.07. The third-order valence-corrected chi connectivity index (χ3v) is 4.25. The highest BCUT2D eigenvalue weighted by atomic mass is 35.5. The average Bonchev–Trinajstić information content (AvgIpc) is 2.55. The number of benzene rings is 2. The van der Waals surface area contributed by atoms with Crippen molar-refractivity contribution in [2.24, 2.45) is 5.92 Å². The lowest BCUT2D eigenvalue weighted by molar-refractivity contribution is -0.117. The van der Waals surface area contributed by atoms with Crippen LogP contribution in [0.1, 0.15) is 38.7 Å². The summed E-state index contributed by atoms with van der Waals surface area (Å²) in [7, 11) is 0. The molecule has 0 saturated heterocycles. The molecule has 4 nitrogen and oxygen atoms in total. The van der Waals surface area contributed by atoms with Crippen LogP contribution in [0.15, 0.2) is 48.5 Å². The molecule has 0 radical (unpaired) electrons. The minimum Gasteiger partial charge on any atom is -0.326 e. The number of rotatable bonds is 6. The second-order valence-electron chi connectivity index (χ2n) is 6.41. The third kappa shape index (κ3) is 5.91. The van der Waals surface area contributed by atoms with Crippen LogP contribution in [0.25, 0.3) is 0 Å². The van der Waals surface area contributed by atoms with Gasteiger partial charge in [-0.2, -0.15) is 0 Å². The summed E-state index contributed by atoms with van der Waals surface area (Å²) < 4.78 is 0. The Morgan fingerprint density at radius 3 is 1.92 bits per heavy atom. The Labute approximate surface area is 153 Å². The van der Waals surface area contributed by atoms with Crippen molar-refractivity contribution in [3.63, 3.8) is 0 Å². The van der Waals surface area contributed by atoms with Gasteiger partial charge in [-0.15, -0.1) is 0 Å². The first-order valence-electron chi connectivity index (χ1n) is 8.28. The molecule has 132 valence electrons. The van der Waals surface area contributed by atoms with Crippen LogP contribution in [0.5, 0.6) is 0 Å². The third-order valence-electron chi connectivity index (χ3n) is 4.00. The Hall–Kier alpha value is -2.33. The molecule has 5 heteroatoms. The molecule has 2 aromatic rings. The van der Waals surface area contributed by atoms with E-state index in [1.807, 2.05) is 24.3 Å². The monoisotopic (exact) mass is 358 g/mol. The van der Waals surface area contributed by atoms with Gasteiger partial charge in [0.05, 0.1) is 0 Å². The molecule has 0 aliphatic carbocycles. The van der Waals surface area contributed by atoms with Crippen LogP contribution >= 0.6 is 11.6 Å². The van der Waals surface area contributed by atoms with Crippen LogP contribution in [0.3, 0.4) is 0 Å². The maximum absolute atomic E-state index is 12.4. The van der Waals surface area contributed by atoms with Crippen molar-refractivity contribution in [3.05, 3.63) is 59.1 Å². The second kappa shape index (κ2) is 8.67. The molecular formula is C20H23ClN2O2. The number of hydrogen-bond acceptors (Lipinski definition) is 2. The van der Waals surface area contributed by atoms with Crippen molar-refractivity contribution < 1.29 is 9.59 Å². The van der Waals surface area contributed by atoms with Crippen molar-refractivity contribution in [2.75, 3.05) is 10.6 Å². The van der Waals surface area contributed by atoms with Gasteiger partial charge in [0.1, 0.15) is 0 Å². The molecule has 0 heterocycles. The summed E-state index contributed by atoms with van der Waals surface area (Å²) in [4.78, 5) is 23.5. The van der Waals surface area contributed by atoms with Crippen LogP contribution in [0, 0.1) is 5.92 Å². The fourth-order valence-corrected chi connectivity index (χ4v) is 2.83. The van der Waals surface area contributed by atoms with Gasteiger partial charge in [0.15, 0.2) is 0 Å². The molecule has 1 unspecified atom stereocenters. The van der Waals surface area contributed by atoms with Gasteiger partial charge in [0.25, 0.3) is 0 Å². The summed E-state index contributed by atoms with van der Waals surface area (Å²) in [6.07, 6.45) is 0.396. The lowest BCUT2D eigenvalue weighted by Gasteiger charge is -2.21. The SMILES string of the molecule is CC(=O)Nc1ccc(NC(=O)CC(c2ccc(Cl)cc2)C(C)C)cc1. The molecule has 0 saturated carbocycles. The van der Waals surface area contributed by atoms with Gasteiger partial charge in [0.2, 0.25) is 11.8 Å². The standard InChI is InChI=1S/C20H23ClN2O2/c1-13(2)19(15-4-6-16(21)7-5-15)12-20(25)23-18-10-8-17(9-11-18)22-14(3)24/h4-11,13,19H,12H2,1-3H3,(H,22,24)(H,23,25). The molecule has 1 atom stereocenters. The van der Waals surface area contributed by atoms with Gasteiger partial charge in [-0.25, -0.2) is 0 Å². The van der Waals surface area contributed by atoms with Crippen molar-refractivity contribution in [1.82, 2.24) is 0 Å². The van der Waals surface area contributed by atoms with Crippen LogP contribution in [-0.2, 0) is 9.59 Å². The van der Waals surface area contributed by atoms with Crippen LogP contribution in [0.2, 0.25) is 5.02 Å². The number of hydrogen-bond donors (Lipinski definition) is 2. The lowest BCUT2D eigenvalue weighted by Crippen LogP contribution is -2.18. The molecule has 0 spiro atoms. The number of nitrogens with one attached hydrogen (secondary N) is 2. The van der Waals surface area contributed by atoms with Gasteiger partial charge in [-0.1, -0.05) is 37.6 Å². The van der Waals surface area contributed by atoms with Crippen LogP contribution < -0.4 is 10.6 Å². The maximum atomic E-state index is 12.4. The van der Waals surface area contributed by atoms with Gasteiger partial charge >= 0.3 is 0 Å². The highest BCUT2D eigenvalue weighted by Gasteiger charge is 2.19. The highest BCUT2D eigenvalue weighted by molar-refractivity contribution is 6.30. The van der Waals surface area contributed by atoms with E-state index in [-0.39, 0.29) is 17.7 Å². The van der Waals surface area contributed by atoms with Crippen molar-refractivity contribution in [1.29, 1.82) is 0 Å². The molecule has 0 fully saturated rings. The van der Waals surface area contributed by atoms with Crippen molar-refractivity contribution >= 4 is 34.8 Å². The Bertz CT molecular complexity index is 724. The molecule has 0 aromatic heterocycles. The van der Waals surface area contributed by atoms with E-state index in [9.17, 15) is 9.59 Å². The Balaban J connectivity index is 2.01. The summed E-state index contributed by atoms with van der Waals surface area (Å²) >= 11 is 5.95. The van der Waals surface area contributed by atoms with E-state index in [1.54, 1.807) is 24.3 Å². The first kappa shape index (κ1) is 19.0. The molecule has 2 N–H and O–H groups in total. The molecule has 25 heavy (non-hydrogen) atoms. The molecule has 2 aromatic carbocycles. The second-order valence-corrected chi connectivity index (χ2v) is 6.85. The quantitative estimate of drug-likeness (QED) is 0.757. The minimum absolute atomic E-state index is 0.0408. The summed E-state index contributed by atoms with van der Waals surface area (Å²) in [5.41, 5.74) is 2.51. The largest absolute Gasteiger partial charge is 0.326 e. The van der Waals surface area contributed by atoms with Gasteiger partial charge in [0, 0.05) is 29.7 Å². The van der Waals surface area contributed by atoms with E-state index in [0.717, 1.165) is 5.56 Å². The molecule has 2 rings (SSSR count). The van der Waals surface area contributed by atoms with Gasteiger partial charge in [-0.05, 0) is 53.8 Å². The minimum atomic E-state index is -0.125. The van der Waals surface area contributed by atoms with Crippen molar-refractivity contribution in [2.45, 2.75) is 33.1 Å². The van der Waals surface area contributed by atoms with Gasteiger partial charge in [-0.3, -0.25) is 9.59 Å². The zero-order valence-corrected chi connectivity index (χ0v) is 15.4. The van der Waals surface area contributed by atoms with Gasteiger partial charge < -0.3 is 10.6 Å². The lowest BCUT2D eigenvalue weighted by atomic mass is 9.85. The first-order valence-corrected chi connectivity index (χ1v) is 8.66. The fraction of sp³-hybridized carbons (Fsp3) is 0.300. The number of anilines is 2. The van der Waals surface area contributed by atoms with E-state index in [0.29, 0.717) is 28.7 Å². The van der Waals surface area contributed by atoms with E-state index in [2.05, 4.69) is 24.5 Å². The van der Waals surface area contributed by atoms with E-state index < -0.39 is 0 Å². The summed E-state index contributed by atoms with van der Waals surface area (Å²) in [5, 5.41) is 6.30. The zero-order chi connectivity index (χ0) is 18.4. The Morgan fingerprint density at radius 2 is 1.44 bits per heavy atom. The zero-order valence-electron chi connectivity index (χ0n) is 14.7. The normalized spacial score (nSPS) is 11.9. The predicted molar refractivity (Wildman–Crippen MR) is 103 cm³/mol. The summed E-state index contributed by atoms with van der Waals surface area (Å²) in [5.74, 6) is 0.283. The Kier molecular flexibility index (Phi) is 6.59. The number of halogens is 1. The van der Waals surface area contributed by atoms with E-state index in [4.69, 9.17) is 11.6 Å². The highest BCUT2D eigenvalue weighted by Crippen LogP contribution is 2.29. The smallest absolute Gasteiger partial charge is 0.224 e. The molecule has 0 bridgehead atoms. The summed E-state index contributed by atoms with van der Waals surface area (Å²) in [6, 6.07) is 14.7. The van der Waals surface area contributed by atoms with Crippen LogP contribution in [0.4, 0.5) is 11.4 Å². The van der Waals surface area contributed by atoms with E-state index in [1.165, 1.54) is 6.92 Å².